The molecule has 0 radical (unpaired) electrons. The van der Waals surface area contributed by atoms with Crippen molar-refractivity contribution in [3.63, 3.8) is 0 Å². The molecule has 0 saturated heterocycles. The van der Waals surface area contributed by atoms with Crippen molar-refractivity contribution in [2.75, 3.05) is 4.90 Å². The number of hydrogen-bond donors (Lipinski definition) is 1. The van der Waals surface area contributed by atoms with Gasteiger partial charge in [-0.1, -0.05) is 55.0 Å². The molecule has 0 spiro atoms. The first-order chi connectivity index (χ1) is 16.9. The minimum Gasteiger partial charge on any atom is -0.350 e. The normalized spacial score (nSPS) is 17.3. The van der Waals surface area contributed by atoms with E-state index in [2.05, 4.69) is 12.2 Å². The summed E-state index contributed by atoms with van der Waals surface area (Å²) in [7, 11) is 0. The summed E-state index contributed by atoms with van der Waals surface area (Å²) in [5, 5.41) is 9.76. The second-order valence-corrected chi connectivity index (χ2v) is 10.1. The number of hydrogen-bond acceptors (Lipinski definition) is 4. The molecule has 1 N–H and O–H groups in total. The van der Waals surface area contributed by atoms with Crippen LogP contribution in [0.5, 0.6) is 0 Å². The molecule has 35 heavy (non-hydrogen) atoms. The Morgan fingerprint density at radius 2 is 1.80 bits per heavy atom. The SMILES string of the molecule is CCc1ccc(N2C(=O)c3cc(-c4cccs4)nn3C[C@@]2(C)C(=O)NCc2ccc(C)cc2)cc1. The number of aromatic nitrogens is 2. The van der Waals surface area contributed by atoms with Crippen molar-refractivity contribution < 1.29 is 9.59 Å². The molecule has 0 fully saturated rings. The maximum absolute atomic E-state index is 13.9. The van der Waals surface area contributed by atoms with Gasteiger partial charge in [0.25, 0.3) is 5.91 Å². The van der Waals surface area contributed by atoms with Gasteiger partial charge in [0.15, 0.2) is 0 Å². The van der Waals surface area contributed by atoms with Gasteiger partial charge < -0.3 is 5.32 Å². The number of nitrogens with one attached hydrogen (secondary N) is 1. The molecule has 1 aliphatic heterocycles. The van der Waals surface area contributed by atoms with Crippen molar-refractivity contribution in [2.24, 2.45) is 0 Å². The van der Waals surface area contributed by atoms with Crippen molar-refractivity contribution in [3.8, 4) is 10.6 Å². The van der Waals surface area contributed by atoms with Crippen LogP contribution in [0.4, 0.5) is 5.69 Å². The summed E-state index contributed by atoms with van der Waals surface area (Å²) in [4.78, 5) is 30.2. The first-order valence-corrected chi connectivity index (χ1v) is 12.7. The standard InChI is InChI=1S/C28H28N4O2S/c1-4-20-11-13-22(14-12-20)32-26(33)24-16-23(25-6-5-15-35-25)30-31(24)18-28(32,3)27(34)29-17-21-9-7-19(2)8-10-21/h5-16H,4,17-18H2,1-3H3,(H,29,34)/t28-/m0/s1. The lowest BCUT2D eigenvalue weighted by atomic mass is 9.93. The zero-order chi connectivity index (χ0) is 24.6. The summed E-state index contributed by atoms with van der Waals surface area (Å²) in [6, 6.07) is 21.7. The van der Waals surface area contributed by atoms with Crippen LogP contribution in [0.25, 0.3) is 10.6 Å². The molecule has 0 unspecified atom stereocenters. The lowest BCUT2D eigenvalue weighted by molar-refractivity contribution is -0.126. The average Bonchev–Trinajstić information content (AvgIpc) is 3.54. The molecule has 2 aromatic heterocycles. The van der Waals surface area contributed by atoms with Crippen LogP contribution in [0.1, 0.15) is 41.0 Å². The van der Waals surface area contributed by atoms with Gasteiger partial charge in [-0.25, -0.2) is 0 Å². The molecule has 1 aliphatic rings. The summed E-state index contributed by atoms with van der Waals surface area (Å²) >= 11 is 1.57. The Hall–Kier alpha value is -3.71. The zero-order valence-corrected chi connectivity index (χ0v) is 20.9. The maximum atomic E-state index is 13.9. The number of carbonyl (C=O) groups is 2. The minimum atomic E-state index is -1.15. The van der Waals surface area contributed by atoms with E-state index in [1.807, 2.05) is 86.0 Å². The number of benzene rings is 2. The fourth-order valence-corrected chi connectivity index (χ4v) is 5.17. The fraction of sp³-hybridized carbons (Fsp3) is 0.250. The van der Waals surface area contributed by atoms with E-state index < -0.39 is 5.54 Å². The summed E-state index contributed by atoms with van der Waals surface area (Å²) in [6.07, 6.45) is 0.902. The number of amides is 2. The van der Waals surface area contributed by atoms with Crippen LogP contribution in [-0.4, -0.2) is 27.1 Å². The molecular weight excluding hydrogens is 456 g/mol. The van der Waals surface area contributed by atoms with Gasteiger partial charge in [0.2, 0.25) is 5.91 Å². The molecule has 1 atom stereocenters. The molecule has 3 heterocycles. The zero-order valence-electron chi connectivity index (χ0n) is 20.1. The number of fused-ring (bicyclic) bond motifs is 1. The Kier molecular flexibility index (Phi) is 6.03. The molecule has 178 valence electrons. The molecular formula is C28H28N4O2S. The van der Waals surface area contributed by atoms with Crippen LogP contribution < -0.4 is 10.2 Å². The first kappa shape index (κ1) is 23.1. The molecule has 6 nitrogen and oxygen atoms in total. The fourth-order valence-electron chi connectivity index (χ4n) is 4.49. The third kappa shape index (κ3) is 4.28. The monoisotopic (exact) mass is 484 g/mol. The third-order valence-corrected chi connectivity index (χ3v) is 7.48. The lowest BCUT2D eigenvalue weighted by Crippen LogP contribution is -2.64. The van der Waals surface area contributed by atoms with Crippen molar-refractivity contribution in [1.82, 2.24) is 15.1 Å². The van der Waals surface area contributed by atoms with E-state index in [4.69, 9.17) is 5.10 Å². The van der Waals surface area contributed by atoms with Crippen LogP contribution in [-0.2, 0) is 24.3 Å². The van der Waals surface area contributed by atoms with Crippen LogP contribution in [0.2, 0.25) is 0 Å². The van der Waals surface area contributed by atoms with Crippen LogP contribution in [0.15, 0.2) is 72.1 Å². The van der Waals surface area contributed by atoms with Crippen molar-refractivity contribution in [1.29, 1.82) is 0 Å². The Morgan fingerprint density at radius 1 is 1.09 bits per heavy atom. The van der Waals surface area contributed by atoms with Crippen molar-refractivity contribution in [3.05, 3.63) is 94.5 Å². The summed E-state index contributed by atoms with van der Waals surface area (Å²) in [6.45, 7) is 6.59. The lowest BCUT2D eigenvalue weighted by Gasteiger charge is -2.43. The van der Waals surface area contributed by atoms with Gasteiger partial charge in [0, 0.05) is 12.2 Å². The predicted molar refractivity (Wildman–Crippen MR) is 140 cm³/mol. The summed E-state index contributed by atoms with van der Waals surface area (Å²) in [5.41, 5.74) is 4.12. The van der Waals surface area contributed by atoms with Crippen molar-refractivity contribution in [2.45, 2.75) is 45.8 Å². The molecule has 0 aliphatic carbocycles. The number of nitrogens with zero attached hydrogens (tertiary/aromatic N) is 3. The Labute approximate surface area is 209 Å². The van der Waals surface area contributed by atoms with Crippen molar-refractivity contribution >= 4 is 28.8 Å². The van der Waals surface area contributed by atoms with Gasteiger partial charge in [-0.2, -0.15) is 5.10 Å². The first-order valence-electron chi connectivity index (χ1n) is 11.8. The van der Waals surface area contributed by atoms with Crippen LogP contribution in [0, 0.1) is 6.92 Å². The number of rotatable bonds is 6. The Bertz CT molecular complexity index is 1360. The van der Waals surface area contributed by atoms with Gasteiger partial charge >= 0.3 is 0 Å². The molecule has 2 amide bonds. The topological polar surface area (TPSA) is 67.2 Å². The van der Waals surface area contributed by atoms with E-state index in [1.54, 1.807) is 20.9 Å². The second-order valence-electron chi connectivity index (χ2n) is 9.15. The van der Waals surface area contributed by atoms with Gasteiger partial charge in [-0.3, -0.25) is 19.2 Å². The molecule has 0 saturated carbocycles. The third-order valence-electron chi connectivity index (χ3n) is 6.59. The van der Waals surface area contributed by atoms with E-state index >= 15 is 0 Å². The van der Waals surface area contributed by atoms with E-state index in [0.717, 1.165) is 22.6 Å². The molecule has 7 heteroatoms. The smallest absolute Gasteiger partial charge is 0.277 e. The molecule has 2 aromatic carbocycles. The molecule has 5 rings (SSSR count). The minimum absolute atomic E-state index is 0.218. The number of thiophene rings is 1. The van der Waals surface area contributed by atoms with Gasteiger partial charge in [0.1, 0.15) is 16.9 Å². The predicted octanol–water partition coefficient (Wildman–Crippen LogP) is 5.22. The highest BCUT2D eigenvalue weighted by atomic mass is 32.1. The largest absolute Gasteiger partial charge is 0.350 e. The maximum Gasteiger partial charge on any atom is 0.277 e. The van der Waals surface area contributed by atoms with E-state index in [0.29, 0.717) is 17.9 Å². The quantitative estimate of drug-likeness (QED) is 0.408. The summed E-state index contributed by atoms with van der Waals surface area (Å²) < 4.78 is 1.68. The number of carbonyl (C=O) groups excluding carboxylic acids is 2. The highest BCUT2D eigenvalue weighted by molar-refractivity contribution is 7.13. The highest BCUT2D eigenvalue weighted by Crippen LogP contribution is 2.35. The number of anilines is 1. The average molecular weight is 485 g/mol. The van der Waals surface area contributed by atoms with Crippen LogP contribution in [0.3, 0.4) is 0 Å². The van der Waals surface area contributed by atoms with Crippen LogP contribution >= 0.6 is 11.3 Å². The van der Waals surface area contributed by atoms with E-state index in [9.17, 15) is 9.59 Å². The Balaban J connectivity index is 1.52. The van der Waals surface area contributed by atoms with Gasteiger partial charge in [-0.15, -0.1) is 11.3 Å². The Morgan fingerprint density at radius 3 is 2.46 bits per heavy atom. The van der Waals surface area contributed by atoms with E-state index in [-0.39, 0.29) is 18.4 Å². The highest BCUT2D eigenvalue weighted by Gasteiger charge is 2.48. The second kappa shape index (κ2) is 9.15. The molecule has 0 bridgehead atoms. The summed E-state index contributed by atoms with van der Waals surface area (Å²) in [5.74, 6) is -0.450. The molecule has 4 aromatic rings. The van der Waals surface area contributed by atoms with E-state index in [1.165, 1.54) is 11.1 Å². The van der Waals surface area contributed by atoms with Gasteiger partial charge in [-0.05, 0) is 61.0 Å². The number of aryl methyl sites for hydroxylation is 2. The van der Waals surface area contributed by atoms with Gasteiger partial charge in [0.05, 0.1) is 11.4 Å².